The zero-order chi connectivity index (χ0) is 17.0. The van der Waals surface area contributed by atoms with Crippen molar-refractivity contribution < 1.29 is 9.90 Å². The smallest absolute Gasteiger partial charge is 0.263 e. The second kappa shape index (κ2) is 7.23. The lowest BCUT2D eigenvalue weighted by Crippen LogP contribution is -2.40. The van der Waals surface area contributed by atoms with Crippen LogP contribution in [0.3, 0.4) is 0 Å². The summed E-state index contributed by atoms with van der Waals surface area (Å²) in [5.41, 5.74) is -0.00273. The zero-order valence-corrected chi connectivity index (χ0v) is 14.9. The number of hydrogen-bond donors (Lipinski definition) is 2. The molecule has 2 heterocycles. The molecule has 2 N–H and O–H groups in total. The lowest BCUT2D eigenvalue weighted by Gasteiger charge is -2.24. The molecule has 2 rings (SSSR count). The molecule has 23 heavy (non-hydrogen) atoms. The van der Waals surface area contributed by atoms with Crippen molar-refractivity contribution in [3.05, 3.63) is 23.5 Å². The van der Waals surface area contributed by atoms with E-state index in [0.717, 1.165) is 17.0 Å². The molecule has 1 amide bonds. The molecule has 7 heteroatoms. The minimum absolute atomic E-state index is 0.206. The van der Waals surface area contributed by atoms with E-state index in [4.69, 9.17) is 0 Å². The van der Waals surface area contributed by atoms with Crippen LogP contribution in [0.15, 0.2) is 18.6 Å². The van der Waals surface area contributed by atoms with Gasteiger partial charge in [0.15, 0.2) is 0 Å². The number of amides is 1. The van der Waals surface area contributed by atoms with Crippen molar-refractivity contribution >= 4 is 17.2 Å². The van der Waals surface area contributed by atoms with Crippen molar-refractivity contribution in [1.29, 1.82) is 0 Å². The predicted molar refractivity (Wildman–Crippen MR) is 91.3 cm³/mol. The Morgan fingerprint density at radius 1 is 1.48 bits per heavy atom. The zero-order valence-electron chi connectivity index (χ0n) is 14.0. The summed E-state index contributed by atoms with van der Waals surface area (Å²) in [4.78, 5) is 17.0. The van der Waals surface area contributed by atoms with E-state index < -0.39 is 5.60 Å². The fraction of sp³-hybridized carbons (Fsp3) is 0.562. The van der Waals surface area contributed by atoms with E-state index in [1.165, 1.54) is 11.3 Å². The maximum atomic E-state index is 12.2. The normalized spacial score (nSPS) is 14.0. The van der Waals surface area contributed by atoms with Crippen LogP contribution in [-0.2, 0) is 7.05 Å². The number of hydrogen-bond acceptors (Lipinski definition) is 5. The Morgan fingerprint density at radius 2 is 2.22 bits per heavy atom. The lowest BCUT2D eigenvalue weighted by molar-refractivity contribution is 0.0430. The molecule has 0 spiro atoms. The van der Waals surface area contributed by atoms with Crippen LogP contribution in [0.1, 0.15) is 43.3 Å². The SMILES string of the molecule is CC(C)CCC(C)(O)CNC(=O)c1cnc(-c2cnn(C)c2)s1. The van der Waals surface area contributed by atoms with Gasteiger partial charge in [0.05, 0.1) is 18.0 Å². The van der Waals surface area contributed by atoms with Crippen LogP contribution in [0.4, 0.5) is 0 Å². The summed E-state index contributed by atoms with van der Waals surface area (Å²) in [5, 5.41) is 18.0. The summed E-state index contributed by atoms with van der Waals surface area (Å²) in [6.07, 6.45) is 6.72. The van der Waals surface area contributed by atoms with Crippen LogP contribution in [0.5, 0.6) is 0 Å². The largest absolute Gasteiger partial charge is 0.388 e. The number of aromatic nitrogens is 3. The molecule has 0 bridgehead atoms. The van der Waals surface area contributed by atoms with E-state index in [9.17, 15) is 9.90 Å². The van der Waals surface area contributed by atoms with Crippen molar-refractivity contribution in [3.63, 3.8) is 0 Å². The highest BCUT2D eigenvalue weighted by molar-refractivity contribution is 7.16. The van der Waals surface area contributed by atoms with Crippen LogP contribution in [0.2, 0.25) is 0 Å². The number of nitrogens with one attached hydrogen (secondary N) is 1. The topological polar surface area (TPSA) is 80.0 Å². The summed E-state index contributed by atoms with van der Waals surface area (Å²) < 4.78 is 1.70. The number of thiazole rings is 1. The quantitative estimate of drug-likeness (QED) is 0.814. The van der Waals surface area contributed by atoms with Crippen LogP contribution in [0.25, 0.3) is 10.6 Å². The minimum Gasteiger partial charge on any atom is -0.388 e. The van der Waals surface area contributed by atoms with Crippen molar-refractivity contribution in [2.45, 2.75) is 39.2 Å². The molecule has 2 aromatic rings. The first-order valence-corrected chi connectivity index (χ1v) is 8.54. The molecule has 0 aromatic carbocycles. The Bertz CT molecular complexity index is 661. The van der Waals surface area contributed by atoms with Gasteiger partial charge in [0.2, 0.25) is 0 Å². The van der Waals surface area contributed by atoms with Gasteiger partial charge in [0.1, 0.15) is 9.88 Å². The van der Waals surface area contributed by atoms with Crippen molar-refractivity contribution in [1.82, 2.24) is 20.1 Å². The minimum atomic E-state index is -0.892. The highest BCUT2D eigenvalue weighted by Crippen LogP contribution is 2.24. The number of aryl methyl sites for hydroxylation is 1. The van der Waals surface area contributed by atoms with E-state index in [-0.39, 0.29) is 12.5 Å². The summed E-state index contributed by atoms with van der Waals surface area (Å²) in [6.45, 7) is 6.22. The number of carbonyl (C=O) groups excluding carboxylic acids is 1. The number of rotatable bonds is 7. The van der Waals surface area contributed by atoms with Crippen LogP contribution < -0.4 is 5.32 Å². The van der Waals surface area contributed by atoms with Crippen molar-refractivity contribution in [2.24, 2.45) is 13.0 Å². The third-order valence-electron chi connectivity index (χ3n) is 3.57. The second-order valence-electron chi connectivity index (χ2n) is 6.54. The predicted octanol–water partition coefficient (Wildman–Crippen LogP) is 2.46. The first-order chi connectivity index (χ1) is 10.8. The van der Waals surface area contributed by atoms with Crippen molar-refractivity contribution in [2.75, 3.05) is 6.54 Å². The molecule has 6 nitrogen and oxygen atoms in total. The highest BCUT2D eigenvalue weighted by atomic mass is 32.1. The van der Waals surface area contributed by atoms with Gasteiger partial charge in [0, 0.05) is 25.4 Å². The Hall–Kier alpha value is -1.73. The molecule has 0 saturated carbocycles. The monoisotopic (exact) mass is 336 g/mol. The van der Waals surface area contributed by atoms with Gasteiger partial charge in [-0.1, -0.05) is 13.8 Å². The van der Waals surface area contributed by atoms with Gasteiger partial charge in [-0.25, -0.2) is 4.98 Å². The van der Waals surface area contributed by atoms with Crippen LogP contribution in [0, 0.1) is 5.92 Å². The van der Waals surface area contributed by atoms with E-state index in [1.807, 2.05) is 13.2 Å². The van der Waals surface area contributed by atoms with E-state index in [0.29, 0.717) is 17.2 Å². The summed E-state index contributed by atoms with van der Waals surface area (Å²) in [6, 6.07) is 0. The highest BCUT2D eigenvalue weighted by Gasteiger charge is 2.22. The van der Waals surface area contributed by atoms with Gasteiger partial charge in [0.25, 0.3) is 5.91 Å². The van der Waals surface area contributed by atoms with Gasteiger partial charge in [-0.05, 0) is 25.7 Å². The van der Waals surface area contributed by atoms with Gasteiger partial charge >= 0.3 is 0 Å². The molecule has 1 unspecified atom stereocenters. The summed E-state index contributed by atoms with van der Waals surface area (Å²) in [5.74, 6) is 0.322. The Balaban J connectivity index is 1.92. The molecule has 1 atom stereocenters. The number of aliphatic hydroxyl groups is 1. The van der Waals surface area contributed by atoms with E-state index in [2.05, 4.69) is 29.2 Å². The maximum Gasteiger partial charge on any atom is 0.263 e. The molecule has 2 aromatic heterocycles. The third kappa shape index (κ3) is 5.14. The molecule has 0 fully saturated rings. The molecular weight excluding hydrogens is 312 g/mol. The molecule has 0 aliphatic carbocycles. The molecule has 126 valence electrons. The average Bonchev–Trinajstić information content (AvgIpc) is 3.11. The summed E-state index contributed by atoms with van der Waals surface area (Å²) in [7, 11) is 1.84. The van der Waals surface area contributed by atoms with Crippen LogP contribution >= 0.6 is 11.3 Å². The van der Waals surface area contributed by atoms with Gasteiger partial charge < -0.3 is 10.4 Å². The van der Waals surface area contributed by atoms with E-state index >= 15 is 0 Å². The molecule has 0 saturated heterocycles. The number of nitrogens with zero attached hydrogens (tertiary/aromatic N) is 3. The first kappa shape index (κ1) is 17.6. The van der Waals surface area contributed by atoms with E-state index in [1.54, 1.807) is 24.0 Å². The average molecular weight is 336 g/mol. The molecule has 0 aliphatic rings. The summed E-state index contributed by atoms with van der Waals surface area (Å²) >= 11 is 1.32. The third-order valence-corrected chi connectivity index (χ3v) is 4.62. The van der Waals surface area contributed by atoms with Gasteiger partial charge in [-0.3, -0.25) is 9.48 Å². The lowest BCUT2D eigenvalue weighted by atomic mass is 9.95. The maximum absolute atomic E-state index is 12.2. The van der Waals surface area contributed by atoms with Gasteiger partial charge in [-0.15, -0.1) is 11.3 Å². The second-order valence-corrected chi connectivity index (χ2v) is 7.58. The standard InChI is InChI=1S/C16H24N4O2S/c1-11(2)5-6-16(3,22)10-18-14(21)13-8-17-15(23-13)12-7-19-20(4)9-12/h7-9,11,22H,5-6,10H2,1-4H3,(H,18,21). The fourth-order valence-corrected chi connectivity index (χ4v) is 2.90. The fourth-order valence-electron chi connectivity index (χ4n) is 2.09. The van der Waals surface area contributed by atoms with Gasteiger partial charge in [-0.2, -0.15) is 5.10 Å². The number of carbonyl (C=O) groups is 1. The Morgan fingerprint density at radius 3 is 2.83 bits per heavy atom. The Labute approximate surface area is 140 Å². The Kier molecular flexibility index (Phi) is 5.54. The van der Waals surface area contributed by atoms with Crippen LogP contribution in [-0.4, -0.2) is 37.9 Å². The first-order valence-electron chi connectivity index (χ1n) is 7.72. The molecular formula is C16H24N4O2S. The van der Waals surface area contributed by atoms with Crippen molar-refractivity contribution in [3.8, 4) is 10.6 Å². The molecule has 0 radical (unpaired) electrons. The molecule has 0 aliphatic heterocycles.